The summed E-state index contributed by atoms with van der Waals surface area (Å²) in [5.74, 6) is 0.187. The fraction of sp³-hybridized carbons (Fsp3) is 0.286. The molecule has 18 heavy (non-hydrogen) atoms. The molecule has 4 nitrogen and oxygen atoms in total. The summed E-state index contributed by atoms with van der Waals surface area (Å²) in [7, 11) is 0. The smallest absolute Gasteiger partial charge is 0.293 e. The van der Waals surface area contributed by atoms with Crippen molar-refractivity contribution in [2.24, 2.45) is 0 Å². The van der Waals surface area contributed by atoms with E-state index in [-0.39, 0.29) is 11.9 Å². The van der Waals surface area contributed by atoms with E-state index in [2.05, 4.69) is 4.98 Å². The number of ether oxygens (including phenoxy) is 1. The summed E-state index contributed by atoms with van der Waals surface area (Å²) in [6.07, 6.45) is 2.75. The summed E-state index contributed by atoms with van der Waals surface area (Å²) in [4.78, 5) is 14.5. The first-order valence-electron chi connectivity index (χ1n) is 5.87. The van der Waals surface area contributed by atoms with E-state index < -0.39 is 0 Å². The van der Waals surface area contributed by atoms with Crippen molar-refractivity contribution in [3.63, 3.8) is 0 Å². The van der Waals surface area contributed by atoms with Gasteiger partial charge in [-0.3, -0.25) is 9.78 Å². The Morgan fingerprint density at radius 1 is 1.39 bits per heavy atom. The predicted molar refractivity (Wildman–Crippen MR) is 68.3 cm³/mol. The molecule has 0 spiro atoms. The molecule has 1 aromatic carbocycles. The minimum absolute atomic E-state index is 0.128. The first kappa shape index (κ1) is 12.4. The van der Waals surface area contributed by atoms with Crippen molar-refractivity contribution < 1.29 is 14.6 Å². The third-order valence-electron chi connectivity index (χ3n) is 2.93. The minimum Gasteiger partial charge on any atom is -0.506 e. The Hall–Kier alpha value is -2.10. The van der Waals surface area contributed by atoms with Gasteiger partial charge in [-0.2, -0.15) is 0 Å². The van der Waals surface area contributed by atoms with Crippen molar-refractivity contribution in [2.45, 2.75) is 25.9 Å². The van der Waals surface area contributed by atoms with Crippen molar-refractivity contribution in [1.82, 2.24) is 4.98 Å². The van der Waals surface area contributed by atoms with Crippen LogP contribution < -0.4 is 0 Å². The molecule has 0 radical (unpaired) electrons. The molecule has 0 saturated heterocycles. The monoisotopic (exact) mass is 245 g/mol. The summed E-state index contributed by atoms with van der Waals surface area (Å²) in [6.45, 7) is 2.31. The number of hydrogen-bond acceptors (Lipinski definition) is 4. The molecule has 94 valence electrons. The second kappa shape index (κ2) is 5.49. The standard InChI is InChI=1S/C14H15NO3/c1-10(18-9-16)6-7-13-11-4-2-3-5-12(11)14(17)8-15-13/h2-5,8-10,17H,6-7H2,1H3. The van der Waals surface area contributed by atoms with Crippen LogP contribution in [-0.4, -0.2) is 22.7 Å². The topological polar surface area (TPSA) is 59.4 Å². The van der Waals surface area contributed by atoms with E-state index in [1.54, 1.807) is 0 Å². The second-order valence-corrected chi connectivity index (χ2v) is 4.22. The van der Waals surface area contributed by atoms with E-state index >= 15 is 0 Å². The largest absolute Gasteiger partial charge is 0.506 e. The highest BCUT2D eigenvalue weighted by Crippen LogP contribution is 2.26. The quantitative estimate of drug-likeness (QED) is 0.822. The maximum atomic E-state index is 10.2. The Morgan fingerprint density at radius 3 is 2.83 bits per heavy atom. The fourth-order valence-corrected chi connectivity index (χ4v) is 1.94. The van der Waals surface area contributed by atoms with Gasteiger partial charge in [0.05, 0.1) is 12.3 Å². The first-order chi connectivity index (χ1) is 8.72. The van der Waals surface area contributed by atoms with Crippen LogP contribution in [0.25, 0.3) is 10.8 Å². The lowest BCUT2D eigenvalue weighted by molar-refractivity contribution is -0.132. The molecule has 1 atom stereocenters. The zero-order valence-corrected chi connectivity index (χ0v) is 10.2. The van der Waals surface area contributed by atoms with Crippen molar-refractivity contribution in [2.75, 3.05) is 0 Å². The van der Waals surface area contributed by atoms with Gasteiger partial charge in [-0.25, -0.2) is 0 Å². The van der Waals surface area contributed by atoms with Gasteiger partial charge in [0.15, 0.2) is 0 Å². The number of benzene rings is 1. The zero-order chi connectivity index (χ0) is 13.0. The van der Waals surface area contributed by atoms with Crippen LogP contribution in [0.5, 0.6) is 5.75 Å². The average molecular weight is 245 g/mol. The number of carbonyl (C=O) groups excluding carboxylic acids is 1. The lowest BCUT2D eigenvalue weighted by Crippen LogP contribution is -2.08. The van der Waals surface area contributed by atoms with Gasteiger partial charge in [0, 0.05) is 16.5 Å². The van der Waals surface area contributed by atoms with Crippen LogP contribution in [-0.2, 0) is 16.0 Å². The van der Waals surface area contributed by atoms with Crippen LogP contribution in [0.3, 0.4) is 0 Å². The summed E-state index contributed by atoms with van der Waals surface area (Å²) in [6, 6.07) is 7.59. The number of hydrogen-bond donors (Lipinski definition) is 1. The van der Waals surface area contributed by atoms with Crippen LogP contribution in [0, 0.1) is 0 Å². The summed E-state index contributed by atoms with van der Waals surface area (Å²) >= 11 is 0. The maximum Gasteiger partial charge on any atom is 0.293 e. The molecule has 0 bridgehead atoms. The van der Waals surface area contributed by atoms with Crippen LogP contribution in [0.4, 0.5) is 0 Å². The van der Waals surface area contributed by atoms with Crippen molar-refractivity contribution in [1.29, 1.82) is 0 Å². The van der Waals surface area contributed by atoms with Crippen LogP contribution in [0.2, 0.25) is 0 Å². The summed E-state index contributed by atoms with van der Waals surface area (Å²) < 4.78 is 4.84. The Balaban J connectivity index is 2.23. The molecule has 4 heteroatoms. The molecule has 0 aliphatic carbocycles. The molecule has 0 fully saturated rings. The van der Waals surface area contributed by atoms with Crippen molar-refractivity contribution >= 4 is 17.2 Å². The number of rotatable bonds is 5. The van der Waals surface area contributed by atoms with Gasteiger partial charge in [-0.15, -0.1) is 0 Å². The van der Waals surface area contributed by atoms with E-state index in [4.69, 9.17) is 4.74 Å². The molecule has 0 amide bonds. The van der Waals surface area contributed by atoms with E-state index in [0.29, 0.717) is 19.3 Å². The third kappa shape index (κ3) is 2.59. The molecule has 2 aromatic rings. The van der Waals surface area contributed by atoms with Gasteiger partial charge < -0.3 is 9.84 Å². The zero-order valence-electron chi connectivity index (χ0n) is 10.2. The predicted octanol–water partition coefficient (Wildman–Crippen LogP) is 2.43. The van der Waals surface area contributed by atoms with Gasteiger partial charge in [0.1, 0.15) is 5.75 Å². The van der Waals surface area contributed by atoms with Crippen LogP contribution >= 0.6 is 0 Å². The average Bonchev–Trinajstić information content (AvgIpc) is 2.39. The van der Waals surface area contributed by atoms with Gasteiger partial charge in [-0.1, -0.05) is 24.3 Å². The number of aromatic nitrogens is 1. The molecule has 1 aromatic heterocycles. The van der Waals surface area contributed by atoms with Crippen LogP contribution in [0.15, 0.2) is 30.5 Å². The Bertz CT molecular complexity index is 554. The highest BCUT2D eigenvalue weighted by molar-refractivity contribution is 5.89. The lowest BCUT2D eigenvalue weighted by Gasteiger charge is -2.10. The van der Waals surface area contributed by atoms with Gasteiger partial charge >= 0.3 is 0 Å². The molecule has 0 aliphatic heterocycles. The Morgan fingerprint density at radius 2 is 2.11 bits per heavy atom. The highest BCUT2D eigenvalue weighted by Gasteiger charge is 2.08. The van der Waals surface area contributed by atoms with Crippen LogP contribution in [0.1, 0.15) is 19.0 Å². The summed E-state index contributed by atoms with van der Waals surface area (Å²) in [5, 5.41) is 11.5. The molecule has 0 aliphatic rings. The number of fused-ring (bicyclic) bond motifs is 1. The summed E-state index contributed by atoms with van der Waals surface area (Å²) in [5.41, 5.74) is 0.907. The molecular formula is C14H15NO3. The first-order valence-corrected chi connectivity index (χ1v) is 5.87. The second-order valence-electron chi connectivity index (χ2n) is 4.22. The normalized spacial score (nSPS) is 12.3. The lowest BCUT2D eigenvalue weighted by atomic mass is 10.0. The number of aryl methyl sites for hydroxylation is 1. The number of nitrogens with zero attached hydrogens (tertiary/aromatic N) is 1. The van der Waals surface area contributed by atoms with Gasteiger partial charge in [-0.05, 0) is 19.8 Å². The third-order valence-corrected chi connectivity index (χ3v) is 2.93. The van der Waals surface area contributed by atoms with Crippen molar-refractivity contribution in [3.8, 4) is 5.75 Å². The van der Waals surface area contributed by atoms with Crippen molar-refractivity contribution in [3.05, 3.63) is 36.2 Å². The molecule has 0 saturated carbocycles. The van der Waals surface area contributed by atoms with E-state index in [0.717, 1.165) is 16.5 Å². The van der Waals surface area contributed by atoms with Gasteiger partial charge in [0.2, 0.25) is 0 Å². The number of pyridine rings is 1. The van der Waals surface area contributed by atoms with E-state index in [1.165, 1.54) is 6.20 Å². The van der Waals surface area contributed by atoms with Gasteiger partial charge in [0.25, 0.3) is 6.47 Å². The molecule has 2 rings (SSSR count). The van der Waals surface area contributed by atoms with E-state index in [9.17, 15) is 9.90 Å². The molecule has 1 unspecified atom stereocenters. The molecular weight excluding hydrogens is 230 g/mol. The minimum atomic E-state index is -0.128. The maximum absolute atomic E-state index is 10.2. The Kier molecular flexibility index (Phi) is 3.77. The molecule has 1 heterocycles. The number of carbonyl (C=O) groups is 1. The SMILES string of the molecule is CC(CCc1ncc(O)c2ccccc12)OC=O. The van der Waals surface area contributed by atoms with E-state index in [1.807, 2.05) is 31.2 Å². The Labute approximate surface area is 105 Å². The highest BCUT2D eigenvalue weighted by atomic mass is 16.5. The fourth-order valence-electron chi connectivity index (χ4n) is 1.94. The number of aromatic hydroxyl groups is 1. The molecule has 1 N–H and O–H groups in total.